The van der Waals surface area contributed by atoms with E-state index in [1.807, 2.05) is 6.07 Å². The van der Waals surface area contributed by atoms with Crippen LogP contribution in [0.25, 0.3) is 6.08 Å². The molecule has 2 N–H and O–H groups in total. The van der Waals surface area contributed by atoms with Crippen LogP contribution in [0.4, 0.5) is 10.8 Å². The summed E-state index contributed by atoms with van der Waals surface area (Å²) in [6, 6.07) is 12.0. The number of hydrogen-bond acceptors (Lipinski definition) is 9. The Labute approximate surface area is 216 Å². The highest BCUT2D eigenvalue weighted by Gasteiger charge is 2.15. The molecule has 0 fully saturated rings. The molecule has 3 aromatic rings. The van der Waals surface area contributed by atoms with Gasteiger partial charge in [0.2, 0.25) is 11.0 Å². The summed E-state index contributed by atoms with van der Waals surface area (Å²) in [5.74, 6) is 0.461. The third-order valence-electron chi connectivity index (χ3n) is 4.45. The van der Waals surface area contributed by atoms with Gasteiger partial charge in [-0.25, -0.2) is 0 Å². The number of nitrogens with one attached hydrogen (secondary N) is 2. The Kier molecular flexibility index (Phi) is 9.21. The maximum Gasteiger partial charge on any atom is 0.268 e. The number of aryl methyl sites for hydroxylation is 1. The Morgan fingerprint density at radius 3 is 2.47 bits per heavy atom. The molecule has 186 valence electrons. The average molecular weight is 528 g/mol. The second-order valence-electron chi connectivity index (χ2n) is 7.19. The van der Waals surface area contributed by atoms with Crippen LogP contribution in [0.5, 0.6) is 17.2 Å². The number of benzene rings is 2. The van der Waals surface area contributed by atoms with E-state index in [1.54, 1.807) is 43.3 Å². The Morgan fingerprint density at radius 2 is 1.86 bits per heavy atom. The van der Waals surface area contributed by atoms with Crippen molar-refractivity contribution in [3.8, 4) is 23.3 Å². The fraction of sp³-hybridized carbons (Fsp3) is 0.208. The van der Waals surface area contributed by atoms with Crippen LogP contribution in [0.3, 0.4) is 0 Å². The Bertz CT molecular complexity index is 1320. The van der Waals surface area contributed by atoms with Crippen LogP contribution in [0.1, 0.15) is 17.5 Å². The van der Waals surface area contributed by atoms with Crippen LogP contribution < -0.4 is 24.8 Å². The summed E-state index contributed by atoms with van der Waals surface area (Å²) in [7, 11) is 1.45. The van der Waals surface area contributed by atoms with E-state index in [1.165, 1.54) is 31.4 Å². The maximum absolute atomic E-state index is 12.4. The minimum Gasteiger partial charge on any atom is -0.493 e. The number of hydrogen-bond donors (Lipinski definition) is 2. The van der Waals surface area contributed by atoms with E-state index in [0.717, 1.165) is 0 Å². The molecule has 0 radical (unpaired) electrons. The van der Waals surface area contributed by atoms with Crippen molar-refractivity contribution in [3.05, 3.63) is 57.6 Å². The summed E-state index contributed by atoms with van der Waals surface area (Å²) in [5.41, 5.74) is 0.997. The molecule has 1 aromatic heterocycles. The first-order valence-corrected chi connectivity index (χ1v) is 11.7. The molecule has 0 saturated heterocycles. The fourth-order valence-corrected chi connectivity index (χ4v) is 3.79. The smallest absolute Gasteiger partial charge is 0.268 e. The van der Waals surface area contributed by atoms with Crippen molar-refractivity contribution in [2.75, 3.05) is 31.0 Å². The van der Waals surface area contributed by atoms with Crippen molar-refractivity contribution in [2.24, 2.45) is 0 Å². The molecule has 0 aliphatic rings. The van der Waals surface area contributed by atoms with Crippen LogP contribution in [0, 0.1) is 18.3 Å². The van der Waals surface area contributed by atoms with Crippen LogP contribution in [-0.4, -0.2) is 42.3 Å². The van der Waals surface area contributed by atoms with Crippen LogP contribution >= 0.6 is 22.9 Å². The minimum atomic E-state index is -0.619. The highest BCUT2D eigenvalue weighted by molar-refractivity contribution is 7.15. The van der Waals surface area contributed by atoms with Crippen LogP contribution in [0.2, 0.25) is 5.02 Å². The van der Waals surface area contributed by atoms with Gasteiger partial charge in [0.1, 0.15) is 35.6 Å². The monoisotopic (exact) mass is 527 g/mol. The van der Waals surface area contributed by atoms with Crippen LogP contribution in [-0.2, 0) is 9.59 Å². The van der Waals surface area contributed by atoms with Crippen molar-refractivity contribution >= 4 is 51.6 Å². The number of carbonyl (C=O) groups excluding carboxylic acids is 2. The Balaban J connectivity index is 1.63. The van der Waals surface area contributed by atoms with E-state index < -0.39 is 5.91 Å². The van der Waals surface area contributed by atoms with E-state index in [9.17, 15) is 14.9 Å². The molecule has 10 nitrogen and oxygen atoms in total. The Hall–Kier alpha value is -4.14. The lowest BCUT2D eigenvalue weighted by atomic mass is 10.1. The largest absolute Gasteiger partial charge is 0.493 e. The van der Waals surface area contributed by atoms with E-state index >= 15 is 0 Å². The first-order valence-electron chi connectivity index (χ1n) is 10.5. The lowest BCUT2D eigenvalue weighted by Gasteiger charge is -2.14. The second kappa shape index (κ2) is 12.5. The predicted molar refractivity (Wildman–Crippen MR) is 137 cm³/mol. The van der Waals surface area contributed by atoms with Gasteiger partial charge >= 0.3 is 0 Å². The summed E-state index contributed by atoms with van der Waals surface area (Å²) in [6.45, 7) is 3.59. The quantitative estimate of drug-likeness (QED) is 0.224. The summed E-state index contributed by atoms with van der Waals surface area (Å²) in [4.78, 5) is 23.5. The van der Waals surface area contributed by atoms with Gasteiger partial charge in [-0.2, -0.15) is 5.26 Å². The fourth-order valence-electron chi connectivity index (χ4n) is 2.93. The van der Waals surface area contributed by atoms with E-state index in [0.29, 0.717) is 38.6 Å². The van der Waals surface area contributed by atoms with Gasteiger partial charge in [-0.1, -0.05) is 22.9 Å². The van der Waals surface area contributed by atoms with E-state index in [2.05, 4.69) is 20.8 Å². The standard InChI is InChI=1S/C24H22ClN5O5S/c1-14(31)27-18-4-6-19(7-5-18)34-8-9-35-22-20(25)11-16(12-21(22)33-3)10-17(13-26)23(32)28-24-30-29-15(2)36-24/h4-7,10-12H,8-9H2,1-3H3,(H,27,31)(H,28,30,32). The van der Waals surface area contributed by atoms with E-state index in [4.69, 9.17) is 25.8 Å². The number of aromatic nitrogens is 2. The number of carbonyl (C=O) groups is 2. The molecule has 3 rings (SSSR count). The number of anilines is 2. The first-order chi connectivity index (χ1) is 17.3. The van der Waals surface area contributed by atoms with Gasteiger partial charge in [-0.3, -0.25) is 14.9 Å². The zero-order chi connectivity index (χ0) is 26.1. The molecular formula is C24H22ClN5O5S. The predicted octanol–water partition coefficient (Wildman–Crippen LogP) is 4.47. The molecule has 0 atom stereocenters. The molecular weight excluding hydrogens is 506 g/mol. The first kappa shape index (κ1) is 26.5. The normalized spacial score (nSPS) is 10.8. The van der Waals surface area contributed by atoms with Gasteiger partial charge < -0.3 is 19.5 Å². The molecule has 0 saturated carbocycles. The Morgan fingerprint density at radius 1 is 1.14 bits per heavy atom. The number of rotatable bonds is 10. The molecule has 0 aliphatic heterocycles. The summed E-state index contributed by atoms with van der Waals surface area (Å²) in [5, 5.41) is 23.5. The highest BCUT2D eigenvalue weighted by Crippen LogP contribution is 2.37. The molecule has 2 aromatic carbocycles. The van der Waals surface area contributed by atoms with E-state index in [-0.39, 0.29) is 29.7 Å². The summed E-state index contributed by atoms with van der Waals surface area (Å²) >= 11 is 7.59. The zero-order valence-corrected chi connectivity index (χ0v) is 21.2. The lowest BCUT2D eigenvalue weighted by molar-refractivity contribution is -0.114. The maximum atomic E-state index is 12.4. The molecule has 0 aliphatic carbocycles. The average Bonchev–Trinajstić information content (AvgIpc) is 3.25. The highest BCUT2D eigenvalue weighted by atomic mass is 35.5. The number of halogens is 1. The number of methoxy groups -OCH3 is 1. The number of nitriles is 1. The van der Waals surface area contributed by atoms with Gasteiger partial charge in [-0.05, 0) is 55.0 Å². The van der Waals surface area contributed by atoms with Crippen molar-refractivity contribution < 1.29 is 23.8 Å². The number of ether oxygens (including phenoxy) is 3. The summed E-state index contributed by atoms with van der Waals surface area (Å²) < 4.78 is 16.8. The summed E-state index contributed by atoms with van der Waals surface area (Å²) in [6.07, 6.45) is 1.38. The molecule has 0 spiro atoms. The number of nitrogens with zero attached hydrogens (tertiary/aromatic N) is 3. The second-order valence-corrected chi connectivity index (χ2v) is 8.78. The SMILES string of the molecule is COc1cc(C=C(C#N)C(=O)Nc2nnc(C)s2)cc(Cl)c1OCCOc1ccc(NC(C)=O)cc1. The molecule has 0 unspecified atom stereocenters. The van der Waals surface area contributed by atoms with Crippen molar-refractivity contribution in [3.63, 3.8) is 0 Å². The van der Waals surface area contributed by atoms with Crippen LogP contribution in [0.15, 0.2) is 42.0 Å². The molecule has 2 amide bonds. The third kappa shape index (κ3) is 7.43. The van der Waals surface area contributed by atoms with Crippen molar-refractivity contribution in [2.45, 2.75) is 13.8 Å². The topological polar surface area (TPSA) is 135 Å². The minimum absolute atomic E-state index is 0.146. The molecule has 0 bridgehead atoms. The van der Waals surface area contributed by atoms with Crippen molar-refractivity contribution in [1.82, 2.24) is 10.2 Å². The van der Waals surface area contributed by atoms with Gasteiger partial charge in [0, 0.05) is 12.6 Å². The van der Waals surface area contributed by atoms with Gasteiger partial charge in [-0.15, -0.1) is 10.2 Å². The molecule has 12 heteroatoms. The van der Waals surface area contributed by atoms with Gasteiger partial charge in [0.05, 0.1) is 12.1 Å². The van der Waals surface area contributed by atoms with Gasteiger partial charge in [0.15, 0.2) is 11.5 Å². The molecule has 36 heavy (non-hydrogen) atoms. The van der Waals surface area contributed by atoms with Gasteiger partial charge in [0.25, 0.3) is 5.91 Å². The molecule has 1 heterocycles. The third-order valence-corrected chi connectivity index (χ3v) is 5.48. The lowest BCUT2D eigenvalue weighted by Crippen LogP contribution is -2.13. The number of amides is 2. The zero-order valence-electron chi connectivity index (χ0n) is 19.6. The van der Waals surface area contributed by atoms with Crippen molar-refractivity contribution in [1.29, 1.82) is 5.26 Å².